The molecule has 19 heavy (non-hydrogen) atoms. The van der Waals surface area contributed by atoms with E-state index in [0.29, 0.717) is 11.4 Å². The van der Waals surface area contributed by atoms with Crippen molar-refractivity contribution in [2.24, 2.45) is 0 Å². The van der Waals surface area contributed by atoms with Crippen molar-refractivity contribution in [3.8, 4) is 0 Å². The Labute approximate surface area is 112 Å². The summed E-state index contributed by atoms with van der Waals surface area (Å²) in [6, 6.07) is 7.10. The molecule has 0 aliphatic carbocycles. The molecule has 1 aromatic rings. The molecule has 0 saturated carbocycles. The first-order valence-corrected chi connectivity index (χ1v) is 5.58. The predicted octanol–water partition coefficient (Wildman–Crippen LogP) is -0.683. The zero-order valence-corrected chi connectivity index (χ0v) is 10.2. The number of benzene rings is 1. The molecule has 1 aliphatic heterocycles. The normalized spacial score (nSPS) is 17.3. The summed E-state index contributed by atoms with van der Waals surface area (Å²) in [5.74, 6) is 0.174. The molecule has 1 heterocycles. The van der Waals surface area contributed by atoms with E-state index in [1.807, 2.05) is 0 Å². The van der Waals surface area contributed by atoms with E-state index < -0.39 is 15.6 Å². The Kier molecular flexibility index (Phi) is 4.02. The van der Waals surface area contributed by atoms with Gasteiger partial charge in [-0.1, -0.05) is 12.1 Å². The van der Waals surface area contributed by atoms with Gasteiger partial charge in [0.05, 0.1) is 17.5 Å². The first kappa shape index (κ1) is 13.8. The standard InChI is InChI=1S/C10H11ClN4O4/c11-9(15(18)19)5-8(14(16)17)10-12-6-3-1-2-4-7(6)13-10/h1-5,12-16,18H/b9-5-. The highest BCUT2D eigenvalue weighted by atomic mass is 35.5. The Morgan fingerprint density at radius 1 is 1.11 bits per heavy atom. The highest BCUT2D eigenvalue weighted by molar-refractivity contribution is 6.28. The molecule has 0 aromatic heterocycles. The predicted molar refractivity (Wildman–Crippen MR) is 66.9 cm³/mol. The average molecular weight is 287 g/mol. The maximum Gasteiger partial charge on any atom is 0.238 e. The minimum atomic E-state index is -1.39. The van der Waals surface area contributed by atoms with Crippen molar-refractivity contribution < 1.29 is 20.9 Å². The second-order valence-corrected chi connectivity index (χ2v) is 4.09. The number of quaternary nitrogens is 2. The second-order valence-electron chi connectivity index (χ2n) is 3.69. The van der Waals surface area contributed by atoms with Gasteiger partial charge >= 0.3 is 0 Å². The lowest BCUT2D eigenvalue weighted by Crippen LogP contribution is -3.04. The van der Waals surface area contributed by atoms with Gasteiger partial charge in [0.15, 0.2) is 5.82 Å². The lowest BCUT2D eigenvalue weighted by Gasteiger charge is -2.16. The summed E-state index contributed by atoms with van der Waals surface area (Å²) in [4.78, 5) is 0. The van der Waals surface area contributed by atoms with Gasteiger partial charge < -0.3 is 21.0 Å². The lowest BCUT2D eigenvalue weighted by molar-refractivity contribution is -1.02. The van der Waals surface area contributed by atoms with E-state index in [1.165, 1.54) is 0 Å². The zero-order valence-electron chi connectivity index (χ0n) is 9.48. The highest BCUT2D eigenvalue weighted by Gasteiger charge is 2.21. The van der Waals surface area contributed by atoms with Crippen LogP contribution in [0.5, 0.6) is 0 Å². The minimum absolute atomic E-state index is 0.174. The highest BCUT2D eigenvalue weighted by Crippen LogP contribution is 2.30. The van der Waals surface area contributed by atoms with Crippen LogP contribution in [0, 0.1) is 10.4 Å². The third-order valence-electron chi connectivity index (χ3n) is 2.42. The maximum atomic E-state index is 11.2. The van der Waals surface area contributed by atoms with Crippen LogP contribution in [0.3, 0.4) is 0 Å². The van der Waals surface area contributed by atoms with Crippen molar-refractivity contribution in [3.63, 3.8) is 0 Å². The topological polar surface area (TPSA) is 120 Å². The van der Waals surface area contributed by atoms with Crippen molar-refractivity contribution >= 4 is 23.0 Å². The van der Waals surface area contributed by atoms with Crippen LogP contribution in [0.15, 0.2) is 47.0 Å². The summed E-state index contributed by atoms with van der Waals surface area (Å²) in [5.41, 5.74) is 1.15. The number of rotatable bonds is 3. The van der Waals surface area contributed by atoms with Crippen molar-refractivity contribution in [3.05, 3.63) is 57.4 Å². The van der Waals surface area contributed by atoms with Gasteiger partial charge in [0.1, 0.15) is 0 Å². The monoisotopic (exact) mass is 286 g/mol. The first-order chi connectivity index (χ1) is 8.99. The number of para-hydroxylation sites is 2. The summed E-state index contributed by atoms with van der Waals surface area (Å²) >= 11 is 5.45. The van der Waals surface area contributed by atoms with Crippen molar-refractivity contribution in [1.29, 1.82) is 0 Å². The van der Waals surface area contributed by atoms with Gasteiger partial charge in [0.25, 0.3) is 0 Å². The van der Waals surface area contributed by atoms with Gasteiger partial charge in [-0.3, -0.25) is 0 Å². The minimum Gasteiger partial charge on any atom is -0.595 e. The van der Waals surface area contributed by atoms with Crippen LogP contribution >= 0.6 is 11.6 Å². The van der Waals surface area contributed by atoms with Gasteiger partial charge in [0, 0.05) is 0 Å². The molecule has 0 amide bonds. The zero-order chi connectivity index (χ0) is 14.0. The average Bonchev–Trinajstić information content (AvgIpc) is 2.78. The summed E-state index contributed by atoms with van der Waals surface area (Å²) < 4.78 is 0. The largest absolute Gasteiger partial charge is 0.595 e. The summed E-state index contributed by atoms with van der Waals surface area (Å²) in [5, 5.41) is 42.0. The van der Waals surface area contributed by atoms with Crippen molar-refractivity contribution in [2.75, 3.05) is 10.6 Å². The van der Waals surface area contributed by atoms with Crippen LogP contribution in [-0.2, 0) is 0 Å². The molecular weight excluding hydrogens is 276 g/mol. The molecule has 9 heteroatoms. The van der Waals surface area contributed by atoms with Gasteiger partial charge in [-0.15, -0.1) is 0 Å². The number of hydrogen-bond acceptors (Lipinski definition) is 6. The number of allylic oxidation sites excluding steroid dienone is 1. The second kappa shape index (κ2) is 5.55. The molecule has 0 fully saturated rings. The maximum absolute atomic E-state index is 11.2. The molecule has 0 saturated heterocycles. The molecular formula is C10H11ClN4O4. The summed E-state index contributed by atoms with van der Waals surface area (Å²) in [7, 11) is 0. The SMILES string of the molecule is [O-][NH+](O)C(/C=C(/Cl)[NH+]([O-])O)=C1Nc2ccccc2N1. The lowest BCUT2D eigenvalue weighted by atomic mass is 10.3. The van der Waals surface area contributed by atoms with Crippen LogP contribution in [0.1, 0.15) is 0 Å². The number of hydroxylamine groups is 4. The third-order valence-corrected chi connectivity index (χ3v) is 2.69. The molecule has 0 radical (unpaired) electrons. The quantitative estimate of drug-likeness (QED) is 0.323. The van der Waals surface area contributed by atoms with Gasteiger partial charge in [-0.25, -0.2) is 10.4 Å². The van der Waals surface area contributed by atoms with E-state index in [-0.39, 0.29) is 11.5 Å². The molecule has 8 nitrogen and oxygen atoms in total. The fraction of sp³-hybridized carbons (Fsp3) is 0. The summed E-state index contributed by atoms with van der Waals surface area (Å²) in [6.07, 6.45) is 0.882. The van der Waals surface area contributed by atoms with E-state index in [2.05, 4.69) is 10.6 Å². The Bertz CT molecular complexity index is 517. The number of nitrogens with one attached hydrogen (secondary N) is 4. The van der Waals surface area contributed by atoms with Crippen LogP contribution in [0.4, 0.5) is 11.4 Å². The Morgan fingerprint density at radius 2 is 1.63 bits per heavy atom. The molecule has 1 aliphatic rings. The number of halogens is 1. The van der Waals surface area contributed by atoms with E-state index >= 15 is 0 Å². The molecule has 102 valence electrons. The number of hydrogen-bond donors (Lipinski definition) is 6. The van der Waals surface area contributed by atoms with Crippen molar-refractivity contribution in [1.82, 2.24) is 0 Å². The molecule has 2 atom stereocenters. The van der Waals surface area contributed by atoms with Crippen LogP contribution in [-0.4, -0.2) is 10.4 Å². The molecule has 6 N–H and O–H groups in total. The Hall–Kier alpha value is -1.65. The van der Waals surface area contributed by atoms with Crippen LogP contribution in [0.25, 0.3) is 0 Å². The Balaban J connectivity index is 2.36. The van der Waals surface area contributed by atoms with Crippen molar-refractivity contribution in [2.45, 2.75) is 0 Å². The smallest absolute Gasteiger partial charge is 0.238 e. The molecule has 1 aromatic carbocycles. The molecule has 0 bridgehead atoms. The fourth-order valence-electron chi connectivity index (χ4n) is 1.57. The van der Waals surface area contributed by atoms with Gasteiger partial charge in [-0.05, 0) is 23.7 Å². The Morgan fingerprint density at radius 3 is 2.05 bits per heavy atom. The van der Waals surface area contributed by atoms with E-state index in [9.17, 15) is 10.4 Å². The van der Waals surface area contributed by atoms with Crippen LogP contribution in [0.2, 0.25) is 0 Å². The number of fused-ring (bicyclic) bond motifs is 1. The molecule has 2 rings (SSSR count). The van der Waals surface area contributed by atoms with E-state index in [4.69, 9.17) is 22.0 Å². The molecule has 0 spiro atoms. The summed E-state index contributed by atoms with van der Waals surface area (Å²) in [6.45, 7) is 0. The third kappa shape index (κ3) is 3.03. The van der Waals surface area contributed by atoms with E-state index in [0.717, 1.165) is 6.08 Å². The first-order valence-electron chi connectivity index (χ1n) is 5.20. The number of anilines is 2. The van der Waals surface area contributed by atoms with E-state index in [1.54, 1.807) is 24.3 Å². The fourth-order valence-corrected chi connectivity index (χ4v) is 1.67. The van der Waals surface area contributed by atoms with Crippen LogP contribution < -0.4 is 21.1 Å². The van der Waals surface area contributed by atoms with Gasteiger partial charge in [-0.2, -0.15) is 10.5 Å². The van der Waals surface area contributed by atoms with Gasteiger partial charge in [0.2, 0.25) is 10.9 Å². The molecule has 2 unspecified atom stereocenters.